The van der Waals surface area contributed by atoms with Crippen molar-refractivity contribution in [1.29, 1.82) is 5.26 Å². The van der Waals surface area contributed by atoms with Crippen LogP contribution >= 0.6 is 11.6 Å². The van der Waals surface area contributed by atoms with Gasteiger partial charge in [-0.05, 0) is 24.1 Å². The van der Waals surface area contributed by atoms with Crippen molar-refractivity contribution in [2.45, 2.75) is 25.1 Å². The van der Waals surface area contributed by atoms with Crippen molar-refractivity contribution in [3.05, 3.63) is 34.9 Å². The quantitative estimate of drug-likeness (QED) is 0.835. The predicted molar refractivity (Wildman–Crippen MR) is 71.5 cm³/mol. The van der Waals surface area contributed by atoms with Gasteiger partial charge in [0.1, 0.15) is 0 Å². The maximum atomic E-state index is 12.0. The number of rotatable bonds is 5. The Morgan fingerprint density at radius 1 is 1.39 bits per heavy atom. The molecule has 0 aliphatic heterocycles. The summed E-state index contributed by atoms with van der Waals surface area (Å²) in [6.45, 7) is 1.92. The molecule has 0 spiro atoms. The third-order valence-corrected chi connectivity index (χ3v) is 5.04. The van der Waals surface area contributed by atoms with E-state index in [0.29, 0.717) is 5.02 Å². The van der Waals surface area contributed by atoms with Gasteiger partial charge in [-0.25, -0.2) is 8.42 Å². The summed E-state index contributed by atoms with van der Waals surface area (Å²) >= 11 is 5.76. The topological polar surface area (TPSA) is 61.2 Å². The highest BCUT2D eigenvalue weighted by molar-refractivity contribution is 7.89. The van der Waals surface area contributed by atoms with Crippen molar-refractivity contribution >= 4 is 21.6 Å². The molecular formula is C12H15ClN2O2S. The lowest BCUT2D eigenvalue weighted by Crippen LogP contribution is -2.34. The van der Waals surface area contributed by atoms with Crippen LogP contribution < -0.4 is 0 Å². The summed E-state index contributed by atoms with van der Waals surface area (Å²) in [5.41, 5.74) is 0.832. The fourth-order valence-corrected chi connectivity index (χ4v) is 2.97. The highest BCUT2D eigenvalue weighted by Gasteiger charge is 2.28. The summed E-state index contributed by atoms with van der Waals surface area (Å²) in [6, 6.07) is 8.76. The van der Waals surface area contributed by atoms with Crippen LogP contribution in [0.25, 0.3) is 0 Å². The zero-order chi connectivity index (χ0) is 13.8. The molecule has 1 rings (SSSR count). The van der Waals surface area contributed by atoms with Crippen LogP contribution in [0.1, 0.15) is 18.9 Å². The van der Waals surface area contributed by atoms with Gasteiger partial charge < -0.3 is 0 Å². The van der Waals surface area contributed by atoms with E-state index in [1.54, 1.807) is 31.2 Å². The molecule has 0 N–H and O–H groups in total. The first-order chi connectivity index (χ1) is 8.41. The molecule has 18 heavy (non-hydrogen) atoms. The van der Waals surface area contributed by atoms with Gasteiger partial charge in [0.15, 0.2) is 5.25 Å². The summed E-state index contributed by atoms with van der Waals surface area (Å²) in [4.78, 5) is 0. The molecule has 0 heterocycles. The molecule has 6 heteroatoms. The van der Waals surface area contributed by atoms with Crippen molar-refractivity contribution in [2.75, 3.05) is 7.05 Å². The number of hydrogen-bond donors (Lipinski definition) is 0. The molecule has 4 nitrogen and oxygen atoms in total. The van der Waals surface area contributed by atoms with Gasteiger partial charge in [0.25, 0.3) is 0 Å². The highest BCUT2D eigenvalue weighted by Crippen LogP contribution is 2.15. The first-order valence-corrected chi connectivity index (χ1v) is 7.39. The fraction of sp³-hybridized carbons (Fsp3) is 0.417. The summed E-state index contributed by atoms with van der Waals surface area (Å²) < 4.78 is 25.3. The Bertz CT molecular complexity index is 534. The Balaban J connectivity index is 2.86. The van der Waals surface area contributed by atoms with Crippen LogP contribution in [-0.4, -0.2) is 25.0 Å². The Morgan fingerprint density at radius 2 is 1.94 bits per heavy atom. The number of nitriles is 1. The molecule has 1 atom stereocenters. The van der Waals surface area contributed by atoms with Crippen LogP contribution in [0.4, 0.5) is 0 Å². The number of hydrogen-bond acceptors (Lipinski definition) is 3. The minimum absolute atomic E-state index is 0.234. The van der Waals surface area contributed by atoms with E-state index in [1.807, 2.05) is 6.07 Å². The van der Waals surface area contributed by atoms with Gasteiger partial charge in [0, 0.05) is 18.6 Å². The molecule has 0 radical (unpaired) electrons. The Kier molecular flexibility index (Phi) is 5.15. The Morgan fingerprint density at radius 3 is 2.39 bits per heavy atom. The molecule has 0 saturated heterocycles. The van der Waals surface area contributed by atoms with E-state index < -0.39 is 15.3 Å². The molecule has 0 amide bonds. The summed E-state index contributed by atoms with van der Waals surface area (Å²) in [5, 5.41) is 8.45. The van der Waals surface area contributed by atoms with Gasteiger partial charge in [0.2, 0.25) is 10.0 Å². The fourth-order valence-electron chi connectivity index (χ4n) is 1.52. The molecule has 0 aliphatic carbocycles. The van der Waals surface area contributed by atoms with E-state index in [9.17, 15) is 8.42 Å². The van der Waals surface area contributed by atoms with Crippen LogP contribution in [-0.2, 0) is 16.6 Å². The van der Waals surface area contributed by atoms with Crippen LogP contribution in [0, 0.1) is 11.3 Å². The molecule has 1 unspecified atom stereocenters. The highest BCUT2D eigenvalue weighted by atomic mass is 35.5. The van der Waals surface area contributed by atoms with Crippen molar-refractivity contribution in [1.82, 2.24) is 4.31 Å². The van der Waals surface area contributed by atoms with E-state index in [-0.39, 0.29) is 13.0 Å². The van der Waals surface area contributed by atoms with E-state index >= 15 is 0 Å². The first kappa shape index (κ1) is 15.0. The van der Waals surface area contributed by atoms with E-state index in [2.05, 4.69) is 0 Å². The zero-order valence-corrected chi connectivity index (χ0v) is 11.9. The summed E-state index contributed by atoms with van der Waals surface area (Å²) in [6.07, 6.45) is 0.282. The lowest BCUT2D eigenvalue weighted by atomic mass is 10.2. The van der Waals surface area contributed by atoms with Gasteiger partial charge in [0.05, 0.1) is 6.07 Å². The van der Waals surface area contributed by atoms with Gasteiger partial charge in [-0.1, -0.05) is 30.7 Å². The standard InChI is InChI=1S/C12H15ClN2O2S/c1-3-12(8-14)18(16,17)15(2)9-10-4-6-11(13)7-5-10/h4-7,12H,3,9H2,1-2H3. The lowest BCUT2D eigenvalue weighted by Gasteiger charge is -2.19. The average Bonchev–Trinajstić information content (AvgIpc) is 2.33. The second-order valence-electron chi connectivity index (χ2n) is 3.95. The van der Waals surface area contributed by atoms with Crippen LogP contribution in [0.3, 0.4) is 0 Å². The summed E-state index contributed by atoms with van der Waals surface area (Å²) in [7, 11) is -2.09. The molecule has 0 aromatic heterocycles. The maximum absolute atomic E-state index is 12.0. The minimum Gasteiger partial charge on any atom is -0.211 e. The third-order valence-electron chi connectivity index (χ3n) is 2.63. The normalized spacial score (nSPS) is 13.3. The van der Waals surface area contributed by atoms with Crippen molar-refractivity contribution in [2.24, 2.45) is 0 Å². The largest absolute Gasteiger partial charge is 0.230 e. The van der Waals surface area contributed by atoms with Crippen LogP contribution in [0.2, 0.25) is 5.02 Å². The second kappa shape index (κ2) is 6.19. The molecule has 0 fully saturated rings. The number of nitrogens with zero attached hydrogens (tertiary/aromatic N) is 2. The maximum Gasteiger partial charge on any atom is 0.230 e. The second-order valence-corrected chi connectivity index (χ2v) is 6.61. The molecule has 1 aromatic carbocycles. The molecule has 0 saturated carbocycles. The summed E-state index contributed by atoms with van der Waals surface area (Å²) in [5.74, 6) is 0. The molecule has 0 aliphatic rings. The smallest absolute Gasteiger partial charge is 0.211 e. The minimum atomic E-state index is -3.57. The number of benzene rings is 1. The first-order valence-electron chi connectivity index (χ1n) is 5.51. The van der Waals surface area contributed by atoms with Crippen molar-refractivity contribution in [3.63, 3.8) is 0 Å². The predicted octanol–water partition coefficient (Wildman–Crippen LogP) is 2.40. The monoisotopic (exact) mass is 286 g/mol. The zero-order valence-electron chi connectivity index (χ0n) is 10.3. The number of halogens is 1. The Hall–Kier alpha value is -1.09. The lowest BCUT2D eigenvalue weighted by molar-refractivity contribution is 0.460. The molecule has 98 valence electrons. The average molecular weight is 287 g/mol. The van der Waals surface area contributed by atoms with Gasteiger partial charge in [-0.2, -0.15) is 9.57 Å². The van der Waals surface area contributed by atoms with Crippen LogP contribution in [0.5, 0.6) is 0 Å². The number of sulfonamides is 1. The third kappa shape index (κ3) is 3.45. The molecule has 1 aromatic rings. The van der Waals surface area contributed by atoms with Crippen LogP contribution in [0.15, 0.2) is 24.3 Å². The molecular weight excluding hydrogens is 272 g/mol. The van der Waals surface area contributed by atoms with E-state index in [0.717, 1.165) is 5.56 Å². The van der Waals surface area contributed by atoms with Crippen molar-refractivity contribution in [3.8, 4) is 6.07 Å². The molecule has 0 bridgehead atoms. The van der Waals surface area contributed by atoms with Crippen molar-refractivity contribution < 1.29 is 8.42 Å². The van der Waals surface area contributed by atoms with E-state index in [1.165, 1.54) is 11.4 Å². The van der Waals surface area contributed by atoms with E-state index in [4.69, 9.17) is 16.9 Å². The van der Waals surface area contributed by atoms with Gasteiger partial charge >= 0.3 is 0 Å². The van der Waals surface area contributed by atoms with Gasteiger partial charge in [-0.3, -0.25) is 0 Å². The Labute approximate surface area is 113 Å². The van der Waals surface area contributed by atoms with Gasteiger partial charge in [-0.15, -0.1) is 0 Å². The SMILES string of the molecule is CCC(C#N)S(=O)(=O)N(C)Cc1ccc(Cl)cc1.